The summed E-state index contributed by atoms with van der Waals surface area (Å²) < 4.78 is 5.72. The van der Waals surface area contributed by atoms with Crippen molar-refractivity contribution in [2.24, 2.45) is 0 Å². The van der Waals surface area contributed by atoms with Gasteiger partial charge in [-0.15, -0.1) is 0 Å². The summed E-state index contributed by atoms with van der Waals surface area (Å²) in [4.78, 5) is 0. The Labute approximate surface area is 114 Å². The highest BCUT2D eigenvalue weighted by Crippen LogP contribution is 2.32. The third-order valence-electron chi connectivity index (χ3n) is 3.60. The van der Waals surface area contributed by atoms with Crippen LogP contribution in [0.5, 0.6) is 5.75 Å². The number of hydrogen-bond donors (Lipinski definition) is 1. The van der Waals surface area contributed by atoms with Gasteiger partial charge in [0.15, 0.2) is 0 Å². The summed E-state index contributed by atoms with van der Waals surface area (Å²) in [5.74, 6) is 1.03. The maximum atomic E-state index is 5.72. The van der Waals surface area contributed by atoms with Crippen molar-refractivity contribution in [2.75, 3.05) is 6.61 Å². The van der Waals surface area contributed by atoms with Crippen molar-refractivity contribution in [3.63, 3.8) is 0 Å². The van der Waals surface area contributed by atoms with Crippen LogP contribution in [0.15, 0.2) is 48.5 Å². The lowest BCUT2D eigenvalue weighted by Crippen LogP contribution is -2.26. The topological polar surface area (TPSA) is 21.3 Å². The van der Waals surface area contributed by atoms with Crippen LogP contribution in [0.4, 0.5) is 0 Å². The molecule has 98 valence electrons. The molecule has 1 unspecified atom stereocenters. The van der Waals surface area contributed by atoms with E-state index >= 15 is 0 Å². The van der Waals surface area contributed by atoms with Gasteiger partial charge in [0.2, 0.25) is 0 Å². The Hall–Kier alpha value is -1.80. The molecule has 2 aromatic carbocycles. The largest absolute Gasteiger partial charge is 0.493 e. The smallest absolute Gasteiger partial charge is 0.124 e. The molecule has 0 fully saturated rings. The van der Waals surface area contributed by atoms with E-state index in [1.807, 2.05) is 0 Å². The molecule has 2 nitrogen and oxygen atoms in total. The average molecular weight is 253 g/mol. The standard InChI is InChI=1S/C17H19NO/c1-13-7-8-17-15(11-13)16(9-10-19-17)18-12-14-5-3-2-4-6-14/h2-8,11,16,18H,9-10,12H2,1H3. The summed E-state index contributed by atoms with van der Waals surface area (Å²) in [6, 6.07) is 17.3. The first-order chi connectivity index (χ1) is 9.33. The molecule has 0 saturated carbocycles. The average Bonchev–Trinajstić information content (AvgIpc) is 2.46. The molecule has 2 aromatic rings. The maximum Gasteiger partial charge on any atom is 0.124 e. The molecule has 0 bridgehead atoms. The fraction of sp³-hybridized carbons (Fsp3) is 0.294. The van der Waals surface area contributed by atoms with E-state index in [4.69, 9.17) is 4.74 Å². The van der Waals surface area contributed by atoms with Gasteiger partial charge in [-0.25, -0.2) is 0 Å². The van der Waals surface area contributed by atoms with Crippen molar-refractivity contribution < 1.29 is 4.74 Å². The second kappa shape index (κ2) is 5.45. The molecule has 0 amide bonds. The van der Waals surface area contributed by atoms with Crippen LogP contribution < -0.4 is 10.1 Å². The van der Waals surface area contributed by atoms with E-state index in [9.17, 15) is 0 Å². The molecule has 1 atom stereocenters. The second-order valence-electron chi connectivity index (χ2n) is 5.10. The summed E-state index contributed by atoms with van der Waals surface area (Å²) in [5.41, 5.74) is 3.90. The van der Waals surface area contributed by atoms with E-state index in [0.717, 1.165) is 25.3 Å². The Bertz CT molecular complexity index is 550. The third kappa shape index (κ3) is 2.79. The van der Waals surface area contributed by atoms with Gasteiger partial charge in [0.05, 0.1) is 6.61 Å². The van der Waals surface area contributed by atoms with E-state index in [1.54, 1.807) is 0 Å². The number of nitrogens with one attached hydrogen (secondary N) is 1. The molecule has 0 saturated heterocycles. The van der Waals surface area contributed by atoms with Gasteiger partial charge in [-0.05, 0) is 18.6 Å². The van der Waals surface area contributed by atoms with Crippen LogP contribution in [0.2, 0.25) is 0 Å². The molecule has 0 radical (unpaired) electrons. The molecule has 19 heavy (non-hydrogen) atoms. The molecule has 3 rings (SSSR count). The van der Waals surface area contributed by atoms with Crippen LogP contribution in [0, 0.1) is 6.92 Å². The highest BCUT2D eigenvalue weighted by atomic mass is 16.5. The zero-order chi connectivity index (χ0) is 13.1. The Balaban J connectivity index is 1.75. The normalized spacial score (nSPS) is 17.6. The zero-order valence-electron chi connectivity index (χ0n) is 11.2. The lowest BCUT2D eigenvalue weighted by molar-refractivity contribution is 0.252. The summed E-state index contributed by atoms with van der Waals surface area (Å²) in [6.07, 6.45) is 1.03. The molecular formula is C17H19NO. The first-order valence-corrected chi connectivity index (χ1v) is 6.83. The summed E-state index contributed by atoms with van der Waals surface area (Å²) >= 11 is 0. The second-order valence-corrected chi connectivity index (χ2v) is 5.10. The van der Waals surface area contributed by atoms with Crippen LogP contribution in [0.1, 0.15) is 29.2 Å². The van der Waals surface area contributed by atoms with Gasteiger partial charge < -0.3 is 10.1 Å². The van der Waals surface area contributed by atoms with E-state index in [2.05, 4.69) is 60.8 Å². The molecular weight excluding hydrogens is 234 g/mol. The SMILES string of the molecule is Cc1ccc2c(c1)C(NCc1ccccc1)CCO2. The van der Waals surface area contributed by atoms with Crippen LogP contribution >= 0.6 is 0 Å². The van der Waals surface area contributed by atoms with E-state index in [0.29, 0.717) is 6.04 Å². The number of rotatable bonds is 3. The highest BCUT2D eigenvalue weighted by Gasteiger charge is 2.20. The molecule has 1 aliphatic rings. The van der Waals surface area contributed by atoms with Crippen molar-refractivity contribution in [3.05, 3.63) is 65.2 Å². The van der Waals surface area contributed by atoms with Gasteiger partial charge in [-0.2, -0.15) is 0 Å². The molecule has 0 spiro atoms. The van der Waals surface area contributed by atoms with Gasteiger partial charge in [-0.3, -0.25) is 0 Å². The van der Waals surface area contributed by atoms with E-state index in [-0.39, 0.29) is 0 Å². The first kappa shape index (κ1) is 12.2. The number of hydrogen-bond acceptors (Lipinski definition) is 2. The van der Waals surface area contributed by atoms with Gasteiger partial charge in [0.25, 0.3) is 0 Å². The summed E-state index contributed by atoms with van der Waals surface area (Å²) in [7, 11) is 0. The number of ether oxygens (including phenoxy) is 1. The molecule has 1 heterocycles. The lowest BCUT2D eigenvalue weighted by Gasteiger charge is -2.27. The maximum absolute atomic E-state index is 5.72. The highest BCUT2D eigenvalue weighted by molar-refractivity contribution is 5.40. The minimum absolute atomic E-state index is 0.392. The quantitative estimate of drug-likeness (QED) is 0.902. The number of benzene rings is 2. The fourth-order valence-electron chi connectivity index (χ4n) is 2.56. The predicted octanol–water partition coefficient (Wildman–Crippen LogP) is 3.61. The molecule has 0 aromatic heterocycles. The minimum atomic E-state index is 0.392. The third-order valence-corrected chi connectivity index (χ3v) is 3.60. The van der Waals surface area contributed by atoms with Crippen molar-refractivity contribution in [1.82, 2.24) is 5.32 Å². The lowest BCUT2D eigenvalue weighted by atomic mass is 9.98. The van der Waals surface area contributed by atoms with Crippen molar-refractivity contribution >= 4 is 0 Å². The molecule has 2 heteroatoms. The van der Waals surface area contributed by atoms with Crippen molar-refractivity contribution in [2.45, 2.75) is 25.9 Å². The van der Waals surface area contributed by atoms with Gasteiger partial charge in [0.1, 0.15) is 5.75 Å². The Kier molecular flexibility index (Phi) is 3.51. The minimum Gasteiger partial charge on any atom is -0.493 e. The summed E-state index contributed by atoms with van der Waals surface area (Å²) in [5, 5.41) is 3.64. The summed E-state index contributed by atoms with van der Waals surface area (Å²) in [6.45, 7) is 3.82. The first-order valence-electron chi connectivity index (χ1n) is 6.83. The monoisotopic (exact) mass is 253 g/mol. The molecule has 1 N–H and O–H groups in total. The zero-order valence-corrected chi connectivity index (χ0v) is 11.2. The molecule has 0 aliphatic carbocycles. The fourth-order valence-corrected chi connectivity index (χ4v) is 2.56. The predicted molar refractivity (Wildman–Crippen MR) is 77.3 cm³/mol. The van der Waals surface area contributed by atoms with Crippen molar-refractivity contribution in [1.29, 1.82) is 0 Å². The van der Waals surface area contributed by atoms with Crippen LogP contribution in [-0.4, -0.2) is 6.61 Å². The van der Waals surface area contributed by atoms with Gasteiger partial charge in [-0.1, -0.05) is 48.0 Å². The Morgan fingerprint density at radius 1 is 1.16 bits per heavy atom. The van der Waals surface area contributed by atoms with E-state index < -0.39 is 0 Å². The van der Waals surface area contributed by atoms with Crippen LogP contribution in [-0.2, 0) is 6.54 Å². The van der Waals surface area contributed by atoms with Crippen molar-refractivity contribution in [3.8, 4) is 5.75 Å². The van der Waals surface area contributed by atoms with Crippen LogP contribution in [0.25, 0.3) is 0 Å². The van der Waals surface area contributed by atoms with E-state index in [1.165, 1.54) is 16.7 Å². The van der Waals surface area contributed by atoms with Crippen LogP contribution in [0.3, 0.4) is 0 Å². The Morgan fingerprint density at radius 3 is 2.84 bits per heavy atom. The van der Waals surface area contributed by atoms with Gasteiger partial charge >= 0.3 is 0 Å². The van der Waals surface area contributed by atoms with Gasteiger partial charge in [0, 0.05) is 24.6 Å². The molecule has 1 aliphatic heterocycles. The number of fused-ring (bicyclic) bond motifs is 1. The Morgan fingerprint density at radius 2 is 2.00 bits per heavy atom. The number of aryl methyl sites for hydroxylation is 1.